The number of rotatable bonds is 6. The molecule has 1 heterocycles. The molecule has 124 valence electrons. The Balaban J connectivity index is 2.08. The van der Waals surface area contributed by atoms with Crippen molar-refractivity contribution in [2.45, 2.75) is 39.3 Å². The first-order valence-corrected chi connectivity index (χ1v) is 9.44. The van der Waals surface area contributed by atoms with E-state index in [1.54, 1.807) is 0 Å². The average molecular weight is 326 g/mol. The van der Waals surface area contributed by atoms with Crippen LogP contribution in [0.25, 0.3) is 0 Å². The summed E-state index contributed by atoms with van der Waals surface area (Å²) in [5, 5.41) is 13.2. The minimum atomic E-state index is -3.15. The number of hydrogen-bond donors (Lipinski definition) is 2. The van der Waals surface area contributed by atoms with Crippen LogP contribution in [0, 0.1) is 5.92 Å². The van der Waals surface area contributed by atoms with Crippen molar-refractivity contribution in [2.24, 2.45) is 5.92 Å². The topological polar surface area (TPSA) is 69.6 Å². The van der Waals surface area contributed by atoms with Gasteiger partial charge in [-0.3, -0.25) is 4.31 Å². The van der Waals surface area contributed by atoms with E-state index in [1.807, 2.05) is 45.0 Å². The smallest absolute Gasteiger partial charge is 0.235 e. The summed E-state index contributed by atoms with van der Waals surface area (Å²) < 4.78 is 25.5. The van der Waals surface area contributed by atoms with Crippen LogP contribution in [-0.2, 0) is 10.0 Å². The molecule has 1 aromatic rings. The molecule has 1 aliphatic rings. The van der Waals surface area contributed by atoms with E-state index in [0.29, 0.717) is 19.5 Å². The Labute approximate surface area is 133 Å². The van der Waals surface area contributed by atoms with Crippen molar-refractivity contribution in [2.75, 3.05) is 23.1 Å². The Bertz CT molecular complexity index is 601. The van der Waals surface area contributed by atoms with E-state index < -0.39 is 10.0 Å². The molecule has 6 heteroatoms. The van der Waals surface area contributed by atoms with Gasteiger partial charge in [-0.1, -0.05) is 26.0 Å². The van der Waals surface area contributed by atoms with Gasteiger partial charge in [0, 0.05) is 19.1 Å². The standard InChI is InChI=1S/C16H26N2O3S/c1-12(2)16(19)11-17-13(3)14-6-4-7-15(10-14)18-8-5-9-22(18,20)21/h4,6-7,10,12-13,16-17,19H,5,8-9,11H2,1-3H3. The zero-order valence-electron chi connectivity index (χ0n) is 13.5. The molecule has 0 radical (unpaired) electrons. The highest BCUT2D eigenvalue weighted by atomic mass is 32.2. The van der Waals surface area contributed by atoms with Crippen LogP contribution in [0.5, 0.6) is 0 Å². The van der Waals surface area contributed by atoms with Crippen molar-refractivity contribution in [1.82, 2.24) is 5.32 Å². The average Bonchev–Trinajstić information content (AvgIpc) is 2.83. The molecular formula is C16H26N2O3S. The summed E-state index contributed by atoms with van der Waals surface area (Å²) in [4.78, 5) is 0. The lowest BCUT2D eigenvalue weighted by atomic mass is 10.0. The van der Waals surface area contributed by atoms with Crippen LogP contribution >= 0.6 is 0 Å². The minimum absolute atomic E-state index is 0.0543. The number of nitrogens with one attached hydrogen (secondary N) is 1. The van der Waals surface area contributed by atoms with Gasteiger partial charge in [0.15, 0.2) is 0 Å². The van der Waals surface area contributed by atoms with E-state index >= 15 is 0 Å². The van der Waals surface area contributed by atoms with E-state index in [2.05, 4.69) is 5.32 Å². The van der Waals surface area contributed by atoms with Gasteiger partial charge in [-0.25, -0.2) is 8.42 Å². The fraction of sp³-hybridized carbons (Fsp3) is 0.625. The van der Waals surface area contributed by atoms with Gasteiger partial charge in [-0.05, 0) is 37.0 Å². The summed E-state index contributed by atoms with van der Waals surface area (Å²) >= 11 is 0. The third-order valence-corrected chi connectivity index (χ3v) is 6.03. The number of hydrogen-bond acceptors (Lipinski definition) is 4. The van der Waals surface area contributed by atoms with Crippen LogP contribution in [-0.4, -0.2) is 38.5 Å². The Hall–Kier alpha value is -1.11. The maximum Gasteiger partial charge on any atom is 0.235 e. The number of nitrogens with zero attached hydrogens (tertiary/aromatic N) is 1. The molecule has 2 unspecified atom stereocenters. The van der Waals surface area contributed by atoms with Crippen molar-refractivity contribution < 1.29 is 13.5 Å². The molecule has 0 bridgehead atoms. The van der Waals surface area contributed by atoms with Gasteiger partial charge < -0.3 is 10.4 Å². The fourth-order valence-electron chi connectivity index (χ4n) is 2.53. The summed E-state index contributed by atoms with van der Waals surface area (Å²) in [5.41, 5.74) is 1.75. The van der Waals surface area contributed by atoms with E-state index in [1.165, 1.54) is 4.31 Å². The number of sulfonamides is 1. The zero-order valence-corrected chi connectivity index (χ0v) is 14.3. The molecule has 0 saturated carbocycles. The molecule has 1 saturated heterocycles. The Morgan fingerprint density at radius 2 is 2.05 bits per heavy atom. The summed E-state index contributed by atoms with van der Waals surface area (Å²) in [6.45, 7) is 7.06. The quantitative estimate of drug-likeness (QED) is 0.838. The third-order valence-electron chi connectivity index (χ3n) is 4.16. The number of aliphatic hydroxyl groups is 1. The minimum Gasteiger partial charge on any atom is -0.392 e. The van der Waals surface area contributed by atoms with Crippen LogP contribution in [0.3, 0.4) is 0 Å². The maximum atomic E-state index is 12.0. The molecule has 22 heavy (non-hydrogen) atoms. The van der Waals surface area contributed by atoms with Gasteiger partial charge in [-0.2, -0.15) is 0 Å². The lowest BCUT2D eigenvalue weighted by Crippen LogP contribution is -2.32. The fourth-order valence-corrected chi connectivity index (χ4v) is 4.09. The van der Waals surface area contributed by atoms with Crippen LogP contribution in [0.4, 0.5) is 5.69 Å². The maximum absolute atomic E-state index is 12.0. The van der Waals surface area contributed by atoms with Gasteiger partial charge >= 0.3 is 0 Å². The monoisotopic (exact) mass is 326 g/mol. The summed E-state index contributed by atoms with van der Waals surface area (Å²) in [5.74, 6) is 0.437. The molecule has 0 amide bonds. The molecule has 0 aliphatic carbocycles. The Morgan fingerprint density at radius 3 is 2.64 bits per heavy atom. The van der Waals surface area contributed by atoms with Gasteiger partial charge in [0.2, 0.25) is 10.0 Å². The number of benzene rings is 1. The first-order valence-electron chi connectivity index (χ1n) is 7.83. The zero-order chi connectivity index (χ0) is 16.3. The Kier molecular flexibility index (Phi) is 5.47. The molecule has 2 atom stereocenters. The molecule has 1 aliphatic heterocycles. The normalized spacial score (nSPS) is 20.3. The lowest BCUT2D eigenvalue weighted by Gasteiger charge is -2.22. The molecule has 5 nitrogen and oxygen atoms in total. The summed E-state index contributed by atoms with van der Waals surface area (Å²) in [6, 6.07) is 7.67. The third kappa shape index (κ3) is 4.00. The van der Waals surface area contributed by atoms with Crippen molar-refractivity contribution >= 4 is 15.7 Å². The largest absolute Gasteiger partial charge is 0.392 e. The second-order valence-electron chi connectivity index (χ2n) is 6.28. The van der Waals surface area contributed by atoms with Crippen LogP contribution < -0.4 is 9.62 Å². The van der Waals surface area contributed by atoms with E-state index in [-0.39, 0.29) is 23.8 Å². The van der Waals surface area contributed by atoms with Crippen LogP contribution in [0.2, 0.25) is 0 Å². The van der Waals surface area contributed by atoms with Gasteiger partial charge in [-0.15, -0.1) is 0 Å². The van der Waals surface area contributed by atoms with Crippen molar-refractivity contribution in [1.29, 1.82) is 0 Å². The number of anilines is 1. The summed E-state index contributed by atoms with van der Waals surface area (Å²) in [6.07, 6.45) is 0.297. The molecule has 2 rings (SSSR count). The first kappa shape index (κ1) is 17.2. The highest BCUT2D eigenvalue weighted by Gasteiger charge is 2.28. The molecule has 0 spiro atoms. The lowest BCUT2D eigenvalue weighted by molar-refractivity contribution is 0.121. The summed E-state index contributed by atoms with van der Waals surface area (Å²) in [7, 11) is -3.15. The molecular weight excluding hydrogens is 300 g/mol. The SMILES string of the molecule is CC(NCC(O)C(C)C)c1cccc(N2CCCS2(=O)=O)c1. The molecule has 0 aromatic heterocycles. The highest BCUT2D eigenvalue weighted by Crippen LogP contribution is 2.26. The van der Waals surface area contributed by atoms with E-state index in [0.717, 1.165) is 11.3 Å². The van der Waals surface area contributed by atoms with Gasteiger partial charge in [0.25, 0.3) is 0 Å². The molecule has 2 N–H and O–H groups in total. The predicted molar refractivity (Wildman–Crippen MR) is 89.5 cm³/mol. The number of aliphatic hydroxyl groups excluding tert-OH is 1. The highest BCUT2D eigenvalue weighted by molar-refractivity contribution is 7.93. The molecule has 1 fully saturated rings. The van der Waals surface area contributed by atoms with Gasteiger partial charge in [0.05, 0.1) is 17.5 Å². The van der Waals surface area contributed by atoms with Crippen LogP contribution in [0.1, 0.15) is 38.8 Å². The van der Waals surface area contributed by atoms with Crippen molar-refractivity contribution in [3.8, 4) is 0 Å². The second-order valence-corrected chi connectivity index (χ2v) is 8.29. The first-order chi connectivity index (χ1) is 10.3. The van der Waals surface area contributed by atoms with Crippen molar-refractivity contribution in [3.05, 3.63) is 29.8 Å². The Morgan fingerprint density at radius 1 is 1.32 bits per heavy atom. The van der Waals surface area contributed by atoms with Crippen molar-refractivity contribution in [3.63, 3.8) is 0 Å². The predicted octanol–water partition coefficient (Wildman–Crippen LogP) is 1.89. The second kappa shape index (κ2) is 6.98. The van der Waals surface area contributed by atoms with E-state index in [9.17, 15) is 13.5 Å². The van der Waals surface area contributed by atoms with Crippen LogP contribution in [0.15, 0.2) is 24.3 Å². The van der Waals surface area contributed by atoms with Gasteiger partial charge in [0.1, 0.15) is 0 Å². The van der Waals surface area contributed by atoms with E-state index in [4.69, 9.17) is 0 Å². The molecule has 1 aromatic carbocycles.